The number of pyridine rings is 1. The molecule has 0 bridgehead atoms. The van der Waals surface area contributed by atoms with Gasteiger partial charge < -0.3 is 10.0 Å². The summed E-state index contributed by atoms with van der Waals surface area (Å²) in [5, 5.41) is 24.1. The van der Waals surface area contributed by atoms with Crippen molar-refractivity contribution >= 4 is 16.7 Å². The largest absolute Gasteiger partial charge is 0.386 e. The maximum absolute atomic E-state index is 11.0. The molecule has 3 aromatic heterocycles. The quantitative estimate of drug-likeness (QED) is 0.762. The number of rotatable bonds is 3. The molecular weight excluding hydrogens is 294 g/mol. The molecule has 3 aromatic rings. The van der Waals surface area contributed by atoms with E-state index in [0.717, 1.165) is 36.1 Å². The lowest BCUT2D eigenvalue weighted by molar-refractivity contribution is 0.00610. The molecule has 1 atom stereocenters. The topological polar surface area (TPSA) is 84.9 Å². The van der Waals surface area contributed by atoms with Crippen LogP contribution >= 0.6 is 0 Å². The zero-order valence-electron chi connectivity index (χ0n) is 13.0. The highest BCUT2D eigenvalue weighted by Gasteiger charge is 2.34. The summed E-state index contributed by atoms with van der Waals surface area (Å²) in [6, 6.07) is 1.99. The number of aryl methyl sites for hydroxylation is 1. The van der Waals surface area contributed by atoms with Gasteiger partial charge in [0, 0.05) is 32.5 Å². The average Bonchev–Trinajstić information content (AvgIpc) is 3.17. The third-order valence-electron chi connectivity index (χ3n) is 4.44. The lowest BCUT2D eigenvalue weighted by Crippen LogP contribution is -2.50. The van der Waals surface area contributed by atoms with Gasteiger partial charge in [-0.2, -0.15) is 5.10 Å². The van der Waals surface area contributed by atoms with Crippen LogP contribution in [0.3, 0.4) is 0 Å². The van der Waals surface area contributed by atoms with Crippen molar-refractivity contribution in [2.45, 2.75) is 25.0 Å². The molecule has 1 unspecified atom stereocenters. The van der Waals surface area contributed by atoms with Crippen LogP contribution in [-0.2, 0) is 13.6 Å². The first-order valence-electron chi connectivity index (χ1n) is 7.73. The Morgan fingerprint density at radius 2 is 2.26 bits per heavy atom. The normalized spacial score (nSPS) is 21.9. The molecule has 8 heteroatoms. The molecular formula is C15H19N7O. The summed E-state index contributed by atoms with van der Waals surface area (Å²) < 4.78 is 3.46. The number of nitrogens with zero attached hydrogens (tertiary/aromatic N) is 7. The van der Waals surface area contributed by atoms with E-state index in [-0.39, 0.29) is 0 Å². The van der Waals surface area contributed by atoms with Gasteiger partial charge in [-0.1, -0.05) is 5.21 Å². The monoisotopic (exact) mass is 313 g/mol. The Labute approximate surface area is 133 Å². The predicted molar refractivity (Wildman–Crippen MR) is 84.9 cm³/mol. The van der Waals surface area contributed by atoms with E-state index in [1.807, 2.05) is 19.3 Å². The number of hydrogen-bond donors (Lipinski definition) is 1. The Balaban J connectivity index is 1.63. The molecule has 1 saturated heterocycles. The smallest absolute Gasteiger partial charge is 0.159 e. The second-order valence-corrected chi connectivity index (χ2v) is 6.19. The van der Waals surface area contributed by atoms with Crippen LogP contribution in [0.2, 0.25) is 0 Å². The standard InChI is InChI=1S/C15H19N7O/c1-20-14-12(9-18-20)13(3-5-16-14)21-7-2-4-15(23,10-21)11-22-8-6-17-19-22/h3,5-6,8-9,23H,2,4,7,10-11H2,1H3. The molecule has 0 amide bonds. The zero-order valence-corrected chi connectivity index (χ0v) is 13.0. The van der Waals surface area contributed by atoms with Crippen molar-refractivity contribution in [1.82, 2.24) is 29.8 Å². The van der Waals surface area contributed by atoms with E-state index in [1.165, 1.54) is 0 Å². The third-order valence-corrected chi connectivity index (χ3v) is 4.44. The molecule has 1 fully saturated rings. The van der Waals surface area contributed by atoms with E-state index in [9.17, 15) is 5.11 Å². The van der Waals surface area contributed by atoms with E-state index >= 15 is 0 Å². The van der Waals surface area contributed by atoms with E-state index < -0.39 is 5.60 Å². The fraction of sp³-hybridized carbons (Fsp3) is 0.467. The van der Waals surface area contributed by atoms with Crippen LogP contribution in [0.15, 0.2) is 30.9 Å². The minimum Gasteiger partial charge on any atom is -0.386 e. The van der Waals surface area contributed by atoms with Gasteiger partial charge in [0.1, 0.15) is 5.60 Å². The Hall–Kier alpha value is -2.48. The lowest BCUT2D eigenvalue weighted by Gasteiger charge is -2.40. The molecule has 120 valence electrons. The van der Waals surface area contributed by atoms with Gasteiger partial charge in [-0.05, 0) is 18.9 Å². The molecule has 1 aliphatic rings. The summed E-state index contributed by atoms with van der Waals surface area (Å²) in [5.41, 5.74) is 1.11. The van der Waals surface area contributed by atoms with Crippen LogP contribution in [0, 0.1) is 0 Å². The number of fused-ring (bicyclic) bond motifs is 1. The second kappa shape index (κ2) is 5.31. The first-order chi connectivity index (χ1) is 11.1. The van der Waals surface area contributed by atoms with Gasteiger partial charge in [0.25, 0.3) is 0 Å². The van der Waals surface area contributed by atoms with E-state index in [4.69, 9.17) is 0 Å². The maximum atomic E-state index is 11.0. The molecule has 0 radical (unpaired) electrons. The van der Waals surface area contributed by atoms with Gasteiger partial charge in [-0.15, -0.1) is 5.10 Å². The van der Waals surface area contributed by atoms with Gasteiger partial charge in [-0.25, -0.2) is 9.67 Å². The van der Waals surface area contributed by atoms with Gasteiger partial charge >= 0.3 is 0 Å². The maximum Gasteiger partial charge on any atom is 0.159 e. The van der Waals surface area contributed by atoms with Crippen LogP contribution in [0.4, 0.5) is 5.69 Å². The summed E-state index contributed by atoms with van der Waals surface area (Å²) in [7, 11) is 1.89. The number of aliphatic hydroxyl groups is 1. The Morgan fingerprint density at radius 1 is 1.35 bits per heavy atom. The van der Waals surface area contributed by atoms with Crippen molar-refractivity contribution in [2.75, 3.05) is 18.0 Å². The van der Waals surface area contributed by atoms with Crippen molar-refractivity contribution in [1.29, 1.82) is 0 Å². The highest BCUT2D eigenvalue weighted by Crippen LogP contribution is 2.31. The van der Waals surface area contributed by atoms with Crippen LogP contribution in [0.5, 0.6) is 0 Å². The number of aromatic nitrogens is 6. The van der Waals surface area contributed by atoms with Gasteiger partial charge in [0.15, 0.2) is 5.65 Å². The van der Waals surface area contributed by atoms with Crippen LogP contribution < -0.4 is 4.90 Å². The highest BCUT2D eigenvalue weighted by molar-refractivity contribution is 5.89. The van der Waals surface area contributed by atoms with Crippen LogP contribution in [-0.4, -0.2) is 53.6 Å². The molecule has 4 heterocycles. The Morgan fingerprint density at radius 3 is 3.09 bits per heavy atom. The zero-order chi connectivity index (χ0) is 15.9. The van der Waals surface area contributed by atoms with Gasteiger partial charge in [0.05, 0.1) is 30.0 Å². The summed E-state index contributed by atoms with van der Waals surface area (Å²) >= 11 is 0. The lowest BCUT2D eigenvalue weighted by atomic mass is 9.92. The molecule has 1 N–H and O–H groups in total. The first-order valence-corrected chi connectivity index (χ1v) is 7.73. The molecule has 0 aliphatic carbocycles. The van der Waals surface area contributed by atoms with Crippen molar-refractivity contribution in [3.63, 3.8) is 0 Å². The number of hydrogen-bond acceptors (Lipinski definition) is 6. The van der Waals surface area contributed by atoms with E-state index in [0.29, 0.717) is 13.1 Å². The average molecular weight is 313 g/mol. The van der Waals surface area contributed by atoms with E-state index in [1.54, 1.807) is 28.0 Å². The molecule has 0 spiro atoms. The third kappa shape index (κ3) is 2.55. The summed E-state index contributed by atoms with van der Waals surface area (Å²) in [5.74, 6) is 0. The van der Waals surface area contributed by atoms with E-state index in [2.05, 4.69) is 25.3 Å². The van der Waals surface area contributed by atoms with Gasteiger partial charge in [0.2, 0.25) is 0 Å². The molecule has 8 nitrogen and oxygen atoms in total. The van der Waals surface area contributed by atoms with Crippen molar-refractivity contribution in [3.05, 3.63) is 30.9 Å². The molecule has 0 saturated carbocycles. The highest BCUT2D eigenvalue weighted by atomic mass is 16.3. The van der Waals surface area contributed by atoms with Crippen molar-refractivity contribution in [3.8, 4) is 0 Å². The fourth-order valence-electron chi connectivity index (χ4n) is 3.37. The molecule has 0 aromatic carbocycles. The fourth-order valence-corrected chi connectivity index (χ4v) is 3.37. The van der Waals surface area contributed by atoms with Crippen LogP contribution in [0.25, 0.3) is 11.0 Å². The van der Waals surface area contributed by atoms with Gasteiger partial charge in [-0.3, -0.25) is 4.68 Å². The molecule has 23 heavy (non-hydrogen) atoms. The second-order valence-electron chi connectivity index (χ2n) is 6.19. The Bertz CT molecular complexity index is 812. The minimum absolute atomic E-state index is 0.449. The summed E-state index contributed by atoms with van der Waals surface area (Å²) in [6.07, 6.45) is 8.72. The number of anilines is 1. The van der Waals surface area contributed by atoms with Crippen molar-refractivity contribution < 1.29 is 5.11 Å². The Kier molecular flexibility index (Phi) is 3.26. The van der Waals surface area contributed by atoms with Crippen LogP contribution in [0.1, 0.15) is 12.8 Å². The first kappa shape index (κ1) is 14.1. The summed E-state index contributed by atoms with van der Waals surface area (Å²) in [6.45, 7) is 1.92. The molecule has 4 rings (SSSR count). The predicted octanol–water partition coefficient (Wildman–Crippen LogP) is 0.591. The molecule has 1 aliphatic heterocycles. The van der Waals surface area contributed by atoms with Crippen molar-refractivity contribution in [2.24, 2.45) is 7.05 Å². The number of β-amino-alcohol motifs (C(OH)–C–C–N with tert-alkyl or cyclic N) is 1. The SMILES string of the molecule is Cn1ncc2c(N3CCCC(O)(Cn4ccnn4)C3)ccnc21. The number of piperidine rings is 1. The minimum atomic E-state index is -0.816. The summed E-state index contributed by atoms with van der Waals surface area (Å²) in [4.78, 5) is 6.60.